The van der Waals surface area contributed by atoms with E-state index in [9.17, 15) is 4.79 Å². The average molecular weight is 446 g/mol. The predicted molar refractivity (Wildman–Crippen MR) is 129 cm³/mol. The summed E-state index contributed by atoms with van der Waals surface area (Å²) in [5, 5.41) is 3.00. The molecule has 4 rings (SSSR count). The van der Waals surface area contributed by atoms with Crippen LogP contribution in [-0.4, -0.2) is 26.7 Å². The maximum absolute atomic E-state index is 12.4. The Hall–Kier alpha value is -3.47. The Bertz CT molecular complexity index is 1000. The van der Waals surface area contributed by atoms with Crippen molar-refractivity contribution in [2.45, 2.75) is 31.1 Å². The molecule has 3 aromatic rings. The Labute approximate surface area is 195 Å². The van der Waals surface area contributed by atoms with Crippen LogP contribution in [0.1, 0.15) is 36.0 Å². The molecule has 1 amide bonds. The largest absolute Gasteiger partial charge is 0.497 e. The van der Waals surface area contributed by atoms with Gasteiger partial charge in [-0.2, -0.15) is 0 Å². The second-order valence-electron chi connectivity index (χ2n) is 8.48. The number of carbonyl (C=O) groups is 1. The number of carbonyl (C=O) groups excluding carboxylic acids is 1. The van der Waals surface area contributed by atoms with Crippen molar-refractivity contribution < 1.29 is 18.7 Å². The fourth-order valence-corrected chi connectivity index (χ4v) is 4.49. The van der Waals surface area contributed by atoms with Crippen molar-refractivity contribution in [1.82, 2.24) is 5.32 Å². The van der Waals surface area contributed by atoms with E-state index >= 15 is 0 Å². The molecule has 1 N–H and O–H groups in total. The molecule has 0 spiro atoms. The molecule has 1 heterocycles. The van der Waals surface area contributed by atoms with Crippen molar-refractivity contribution in [3.05, 3.63) is 96.0 Å². The number of rotatable bonds is 11. The van der Waals surface area contributed by atoms with Gasteiger partial charge >= 0.3 is 0 Å². The van der Waals surface area contributed by atoms with Gasteiger partial charge in [-0.05, 0) is 84.7 Å². The van der Waals surface area contributed by atoms with E-state index < -0.39 is 0 Å². The van der Waals surface area contributed by atoms with E-state index in [2.05, 4.69) is 35.7 Å². The van der Waals surface area contributed by atoms with Crippen molar-refractivity contribution in [3.8, 4) is 11.5 Å². The quantitative estimate of drug-likeness (QED) is 0.321. The summed E-state index contributed by atoms with van der Waals surface area (Å²) >= 11 is 0. The molecule has 0 bridgehead atoms. The number of amides is 1. The minimum Gasteiger partial charge on any atom is -0.497 e. The van der Waals surface area contributed by atoms with Gasteiger partial charge in [-0.25, -0.2) is 0 Å². The molecule has 33 heavy (non-hydrogen) atoms. The van der Waals surface area contributed by atoms with Crippen molar-refractivity contribution in [1.29, 1.82) is 0 Å². The van der Waals surface area contributed by atoms with E-state index in [1.54, 1.807) is 32.8 Å². The Balaban J connectivity index is 1.38. The van der Waals surface area contributed by atoms with E-state index in [4.69, 9.17) is 13.9 Å². The number of allylic oxidation sites excluding steroid dienone is 1. The highest BCUT2D eigenvalue weighted by Crippen LogP contribution is 2.59. The summed E-state index contributed by atoms with van der Waals surface area (Å²) in [4.78, 5) is 12.4. The Kier molecular flexibility index (Phi) is 7.18. The minimum absolute atomic E-state index is 0.0384. The maximum atomic E-state index is 12.4. The first kappa shape index (κ1) is 22.7. The average Bonchev–Trinajstić information content (AvgIpc) is 3.36. The molecule has 0 aliphatic heterocycles. The summed E-state index contributed by atoms with van der Waals surface area (Å²) in [6.45, 7) is 0.674. The number of hydrogen-bond acceptors (Lipinski definition) is 4. The summed E-state index contributed by atoms with van der Waals surface area (Å²) in [5.41, 5.74) is 3.51. The maximum Gasteiger partial charge on any atom is 0.243 e. The SMILES string of the molecule is COc1ccc(C2(c3ccc(OC)cc3)C[C@H]2/C=C/C(=O)NCCCCc2ccoc2)cc1. The molecule has 5 heteroatoms. The van der Waals surface area contributed by atoms with E-state index in [-0.39, 0.29) is 17.2 Å². The Morgan fingerprint density at radius 1 is 1.00 bits per heavy atom. The molecule has 1 atom stereocenters. The summed E-state index contributed by atoms with van der Waals surface area (Å²) in [6, 6.07) is 18.5. The molecule has 1 fully saturated rings. The van der Waals surface area contributed by atoms with Gasteiger partial charge in [0, 0.05) is 12.0 Å². The fourth-order valence-electron chi connectivity index (χ4n) is 4.49. The van der Waals surface area contributed by atoms with Crippen LogP contribution < -0.4 is 14.8 Å². The van der Waals surface area contributed by atoms with Gasteiger partial charge in [-0.15, -0.1) is 0 Å². The first-order chi connectivity index (χ1) is 16.2. The molecule has 1 aliphatic carbocycles. The first-order valence-electron chi connectivity index (χ1n) is 11.4. The van der Waals surface area contributed by atoms with Gasteiger partial charge in [-0.1, -0.05) is 30.3 Å². The lowest BCUT2D eigenvalue weighted by Gasteiger charge is -2.19. The number of hydrogen-bond donors (Lipinski definition) is 1. The summed E-state index contributed by atoms with van der Waals surface area (Å²) in [5.74, 6) is 1.89. The van der Waals surface area contributed by atoms with Gasteiger partial charge in [0.2, 0.25) is 5.91 Å². The van der Waals surface area contributed by atoms with Crippen LogP contribution in [0.25, 0.3) is 0 Å². The van der Waals surface area contributed by atoms with Crippen LogP contribution in [0.2, 0.25) is 0 Å². The number of aryl methyl sites for hydroxylation is 1. The van der Waals surface area contributed by atoms with Crippen molar-refractivity contribution in [2.24, 2.45) is 5.92 Å². The molecule has 172 valence electrons. The lowest BCUT2D eigenvalue weighted by molar-refractivity contribution is -0.116. The molecular formula is C28H31NO4. The molecule has 1 aliphatic rings. The standard InChI is InChI=1S/C28H31NO4/c1-31-25-11-6-22(7-12-25)28(23-8-13-26(32-2)14-9-23)19-24(28)10-15-27(30)29-17-4-3-5-21-16-18-33-20-21/h6-16,18,20,24H,3-5,17,19H2,1-2H3,(H,29,30)/b15-10+/t24-/m1/s1. The monoisotopic (exact) mass is 445 g/mol. The molecule has 2 aromatic carbocycles. The topological polar surface area (TPSA) is 60.7 Å². The first-order valence-corrected chi connectivity index (χ1v) is 11.4. The zero-order valence-electron chi connectivity index (χ0n) is 19.3. The third kappa shape index (κ3) is 5.30. The number of ether oxygens (including phenoxy) is 2. The van der Waals surface area contributed by atoms with Gasteiger partial charge in [0.05, 0.1) is 26.7 Å². The predicted octanol–water partition coefficient (Wildman–Crippen LogP) is 5.30. The third-order valence-electron chi connectivity index (χ3n) is 6.48. The molecule has 5 nitrogen and oxygen atoms in total. The van der Waals surface area contributed by atoms with E-state index in [1.165, 1.54) is 16.7 Å². The molecular weight excluding hydrogens is 414 g/mol. The highest BCUT2D eigenvalue weighted by molar-refractivity contribution is 5.87. The lowest BCUT2D eigenvalue weighted by Crippen LogP contribution is -2.22. The van der Waals surface area contributed by atoms with Gasteiger partial charge in [0.1, 0.15) is 11.5 Å². The van der Waals surface area contributed by atoms with Crippen LogP contribution in [-0.2, 0) is 16.6 Å². The van der Waals surface area contributed by atoms with Gasteiger partial charge in [0.15, 0.2) is 0 Å². The number of methoxy groups -OCH3 is 2. The van der Waals surface area contributed by atoms with Crippen LogP contribution in [0.3, 0.4) is 0 Å². The number of furan rings is 1. The van der Waals surface area contributed by atoms with Crippen LogP contribution in [0, 0.1) is 5.92 Å². The Morgan fingerprint density at radius 3 is 2.18 bits per heavy atom. The number of nitrogens with one attached hydrogen (secondary N) is 1. The summed E-state index contributed by atoms with van der Waals surface area (Å²) in [6.07, 6.45) is 11.1. The van der Waals surface area contributed by atoms with Crippen molar-refractivity contribution in [2.75, 3.05) is 20.8 Å². The van der Waals surface area contributed by atoms with E-state index in [0.717, 1.165) is 37.2 Å². The highest BCUT2D eigenvalue weighted by atomic mass is 16.5. The zero-order valence-corrected chi connectivity index (χ0v) is 19.3. The molecule has 0 unspecified atom stereocenters. The number of benzene rings is 2. The minimum atomic E-state index is -0.139. The van der Waals surface area contributed by atoms with Gasteiger partial charge in [0.25, 0.3) is 0 Å². The molecule has 0 saturated heterocycles. The van der Waals surface area contributed by atoms with Crippen LogP contribution in [0.5, 0.6) is 11.5 Å². The number of unbranched alkanes of at least 4 members (excludes halogenated alkanes) is 1. The highest BCUT2D eigenvalue weighted by Gasteiger charge is 2.55. The van der Waals surface area contributed by atoms with Crippen LogP contribution >= 0.6 is 0 Å². The van der Waals surface area contributed by atoms with Gasteiger partial charge in [-0.3, -0.25) is 4.79 Å². The Morgan fingerprint density at radius 2 is 1.64 bits per heavy atom. The van der Waals surface area contributed by atoms with E-state index in [0.29, 0.717) is 6.54 Å². The van der Waals surface area contributed by atoms with Crippen molar-refractivity contribution >= 4 is 5.91 Å². The zero-order chi connectivity index (χ0) is 23.1. The second kappa shape index (κ2) is 10.4. The lowest BCUT2D eigenvalue weighted by atomic mass is 9.85. The normalized spacial score (nSPS) is 16.5. The van der Waals surface area contributed by atoms with Crippen LogP contribution in [0.15, 0.2) is 83.7 Å². The van der Waals surface area contributed by atoms with Crippen LogP contribution in [0.4, 0.5) is 0 Å². The van der Waals surface area contributed by atoms with Gasteiger partial charge < -0.3 is 19.2 Å². The summed E-state index contributed by atoms with van der Waals surface area (Å²) < 4.78 is 15.7. The molecule has 0 radical (unpaired) electrons. The fraction of sp³-hybridized carbons (Fsp3) is 0.321. The smallest absolute Gasteiger partial charge is 0.243 e. The second-order valence-corrected chi connectivity index (χ2v) is 8.48. The molecule has 1 aromatic heterocycles. The third-order valence-corrected chi connectivity index (χ3v) is 6.48. The van der Waals surface area contributed by atoms with E-state index in [1.807, 2.05) is 30.3 Å². The molecule has 1 saturated carbocycles. The van der Waals surface area contributed by atoms with Crippen molar-refractivity contribution in [3.63, 3.8) is 0 Å². The summed E-state index contributed by atoms with van der Waals surface area (Å²) in [7, 11) is 3.35.